The monoisotopic (exact) mass is 339 g/mol. The second-order valence-electron chi connectivity index (χ2n) is 5.44. The summed E-state index contributed by atoms with van der Waals surface area (Å²) in [6, 6.07) is 13.8. The molecule has 0 saturated carbocycles. The average molecular weight is 339 g/mol. The van der Waals surface area contributed by atoms with Crippen molar-refractivity contribution in [1.29, 1.82) is 0 Å². The van der Waals surface area contributed by atoms with E-state index >= 15 is 0 Å². The fourth-order valence-corrected chi connectivity index (χ4v) is 2.75. The van der Waals surface area contributed by atoms with Crippen molar-refractivity contribution in [2.45, 2.75) is 0 Å². The van der Waals surface area contributed by atoms with Crippen molar-refractivity contribution < 1.29 is 18.9 Å². The Labute approximate surface area is 147 Å². The lowest BCUT2D eigenvalue weighted by atomic mass is 10.1. The summed E-state index contributed by atoms with van der Waals surface area (Å²) < 4.78 is 21.3. The smallest absolute Gasteiger partial charge is 0.161 e. The molecule has 0 aliphatic rings. The van der Waals surface area contributed by atoms with E-state index in [1.54, 1.807) is 28.4 Å². The van der Waals surface area contributed by atoms with Crippen LogP contribution in [-0.4, -0.2) is 33.4 Å². The van der Waals surface area contributed by atoms with E-state index < -0.39 is 0 Å². The van der Waals surface area contributed by atoms with Crippen LogP contribution in [0, 0.1) is 0 Å². The first kappa shape index (κ1) is 16.8. The molecule has 25 heavy (non-hydrogen) atoms. The third kappa shape index (κ3) is 3.26. The van der Waals surface area contributed by atoms with E-state index in [0.717, 1.165) is 22.4 Å². The van der Waals surface area contributed by atoms with Gasteiger partial charge in [-0.2, -0.15) is 0 Å². The molecule has 1 aromatic heterocycles. The number of aromatic nitrogens is 1. The number of H-pyrrole nitrogens is 1. The SMILES string of the molecule is COc1ccc(-c2c[nH]c(-c3ccc(OC)c(OC)c3)c2)cc1OC. The van der Waals surface area contributed by atoms with E-state index in [4.69, 9.17) is 18.9 Å². The number of nitrogens with one attached hydrogen (secondary N) is 1. The quantitative estimate of drug-likeness (QED) is 0.724. The number of hydrogen-bond acceptors (Lipinski definition) is 4. The Hall–Kier alpha value is -3.08. The van der Waals surface area contributed by atoms with Crippen molar-refractivity contribution in [2.24, 2.45) is 0 Å². The van der Waals surface area contributed by atoms with Gasteiger partial charge in [0.1, 0.15) is 0 Å². The van der Waals surface area contributed by atoms with Crippen LogP contribution < -0.4 is 18.9 Å². The minimum atomic E-state index is 0.697. The second kappa shape index (κ2) is 7.21. The van der Waals surface area contributed by atoms with Gasteiger partial charge in [0.25, 0.3) is 0 Å². The van der Waals surface area contributed by atoms with Gasteiger partial charge < -0.3 is 23.9 Å². The molecule has 3 aromatic rings. The Morgan fingerprint density at radius 3 is 1.64 bits per heavy atom. The summed E-state index contributed by atoms with van der Waals surface area (Å²) in [6.07, 6.45) is 1.97. The molecule has 1 N–H and O–H groups in total. The molecular formula is C20H21NO4. The van der Waals surface area contributed by atoms with Gasteiger partial charge in [0, 0.05) is 17.5 Å². The number of benzene rings is 2. The topological polar surface area (TPSA) is 52.7 Å². The van der Waals surface area contributed by atoms with Gasteiger partial charge in [-0.15, -0.1) is 0 Å². The van der Waals surface area contributed by atoms with E-state index in [9.17, 15) is 0 Å². The fourth-order valence-electron chi connectivity index (χ4n) is 2.75. The zero-order chi connectivity index (χ0) is 17.8. The number of ether oxygens (including phenoxy) is 4. The highest BCUT2D eigenvalue weighted by atomic mass is 16.5. The molecule has 3 rings (SSSR count). The van der Waals surface area contributed by atoms with E-state index in [2.05, 4.69) is 11.1 Å². The second-order valence-corrected chi connectivity index (χ2v) is 5.44. The van der Waals surface area contributed by atoms with Crippen LogP contribution in [-0.2, 0) is 0 Å². The van der Waals surface area contributed by atoms with Crippen LogP contribution in [0.5, 0.6) is 23.0 Å². The highest BCUT2D eigenvalue weighted by molar-refractivity contribution is 5.74. The van der Waals surface area contributed by atoms with Gasteiger partial charge in [-0.05, 0) is 47.5 Å². The standard InChI is InChI=1S/C20H21NO4/c1-22-17-7-5-13(10-19(17)24-3)15-9-16(21-12-15)14-6-8-18(23-2)20(11-14)25-4/h5-12,21H,1-4H3. The van der Waals surface area contributed by atoms with Crippen molar-refractivity contribution in [2.75, 3.05) is 28.4 Å². The largest absolute Gasteiger partial charge is 0.493 e. The summed E-state index contributed by atoms with van der Waals surface area (Å²) in [5, 5.41) is 0. The molecule has 0 saturated heterocycles. The summed E-state index contributed by atoms with van der Waals surface area (Å²) in [5.41, 5.74) is 4.11. The van der Waals surface area contributed by atoms with Gasteiger partial charge in [0.15, 0.2) is 23.0 Å². The van der Waals surface area contributed by atoms with Crippen molar-refractivity contribution >= 4 is 0 Å². The number of methoxy groups -OCH3 is 4. The van der Waals surface area contributed by atoms with Crippen LogP contribution in [0.2, 0.25) is 0 Å². The Bertz CT molecular complexity index is 800. The van der Waals surface area contributed by atoms with E-state index in [1.807, 2.05) is 42.6 Å². The first-order valence-corrected chi connectivity index (χ1v) is 7.83. The molecule has 0 unspecified atom stereocenters. The van der Waals surface area contributed by atoms with E-state index in [1.165, 1.54) is 0 Å². The molecule has 0 bridgehead atoms. The van der Waals surface area contributed by atoms with Crippen LogP contribution in [0.1, 0.15) is 0 Å². The molecule has 0 amide bonds. The lowest BCUT2D eigenvalue weighted by Crippen LogP contribution is -1.90. The molecule has 5 heteroatoms. The van der Waals surface area contributed by atoms with Gasteiger partial charge in [-0.3, -0.25) is 0 Å². The van der Waals surface area contributed by atoms with Gasteiger partial charge in [-0.25, -0.2) is 0 Å². The van der Waals surface area contributed by atoms with Crippen molar-refractivity contribution in [3.05, 3.63) is 48.7 Å². The number of aromatic amines is 1. The minimum absolute atomic E-state index is 0.697. The highest BCUT2D eigenvalue weighted by Crippen LogP contribution is 2.35. The van der Waals surface area contributed by atoms with Crippen molar-refractivity contribution in [3.8, 4) is 45.4 Å². The summed E-state index contributed by atoms with van der Waals surface area (Å²) in [4.78, 5) is 3.31. The first-order valence-electron chi connectivity index (χ1n) is 7.83. The van der Waals surface area contributed by atoms with Crippen molar-refractivity contribution in [1.82, 2.24) is 4.98 Å². The molecule has 130 valence electrons. The lowest BCUT2D eigenvalue weighted by molar-refractivity contribution is 0.355. The summed E-state index contributed by atoms with van der Waals surface area (Å²) in [5.74, 6) is 2.82. The third-order valence-electron chi connectivity index (χ3n) is 4.09. The van der Waals surface area contributed by atoms with Crippen LogP contribution in [0.25, 0.3) is 22.4 Å². The maximum Gasteiger partial charge on any atom is 0.161 e. The molecule has 1 heterocycles. The Morgan fingerprint density at radius 1 is 0.560 bits per heavy atom. The molecule has 0 atom stereocenters. The normalized spacial score (nSPS) is 10.4. The summed E-state index contributed by atoms with van der Waals surface area (Å²) >= 11 is 0. The number of hydrogen-bond donors (Lipinski definition) is 1. The lowest BCUT2D eigenvalue weighted by Gasteiger charge is -2.09. The zero-order valence-electron chi connectivity index (χ0n) is 14.8. The molecule has 5 nitrogen and oxygen atoms in total. The van der Waals surface area contributed by atoms with Crippen LogP contribution in [0.4, 0.5) is 0 Å². The highest BCUT2D eigenvalue weighted by Gasteiger charge is 2.10. The van der Waals surface area contributed by atoms with Crippen LogP contribution in [0.3, 0.4) is 0 Å². The third-order valence-corrected chi connectivity index (χ3v) is 4.09. The Kier molecular flexibility index (Phi) is 4.84. The summed E-state index contributed by atoms with van der Waals surface area (Å²) in [6.45, 7) is 0. The Morgan fingerprint density at radius 2 is 1.08 bits per heavy atom. The van der Waals surface area contributed by atoms with Gasteiger partial charge in [-0.1, -0.05) is 6.07 Å². The molecule has 0 radical (unpaired) electrons. The van der Waals surface area contributed by atoms with Gasteiger partial charge in [0.05, 0.1) is 28.4 Å². The van der Waals surface area contributed by atoms with Crippen LogP contribution >= 0.6 is 0 Å². The molecule has 0 aliphatic carbocycles. The van der Waals surface area contributed by atoms with E-state index in [0.29, 0.717) is 23.0 Å². The fraction of sp³-hybridized carbons (Fsp3) is 0.200. The average Bonchev–Trinajstić information content (AvgIpc) is 3.17. The molecule has 0 spiro atoms. The molecule has 0 fully saturated rings. The first-order chi connectivity index (χ1) is 12.2. The summed E-state index contributed by atoms with van der Waals surface area (Å²) in [7, 11) is 6.52. The molecule has 2 aromatic carbocycles. The minimum Gasteiger partial charge on any atom is -0.493 e. The Balaban J connectivity index is 1.95. The van der Waals surface area contributed by atoms with Crippen LogP contribution in [0.15, 0.2) is 48.7 Å². The predicted octanol–water partition coefficient (Wildman–Crippen LogP) is 4.38. The maximum absolute atomic E-state index is 5.38. The maximum atomic E-state index is 5.38. The molecule has 0 aliphatic heterocycles. The predicted molar refractivity (Wildman–Crippen MR) is 97.9 cm³/mol. The molecular weight excluding hydrogens is 318 g/mol. The van der Waals surface area contributed by atoms with Gasteiger partial charge in [0.2, 0.25) is 0 Å². The van der Waals surface area contributed by atoms with E-state index in [-0.39, 0.29) is 0 Å². The zero-order valence-corrected chi connectivity index (χ0v) is 14.8. The van der Waals surface area contributed by atoms with Crippen molar-refractivity contribution in [3.63, 3.8) is 0 Å². The number of rotatable bonds is 6. The van der Waals surface area contributed by atoms with Gasteiger partial charge >= 0.3 is 0 Å².